The Labute approximate surface area is 95.2 Å². The van der Waals surface area contributed by atoms with Crippen molar-refractivity contribution in [2.45, 2.75) is 18.5 Å². The number of rotatable bonds is 7. The lowest BCUT2D eigenvalue weighted by atomic mass is 10.3. The predicted octanol–water partition coefficient (Wildman–Crippen LogP) is 1.46. The topological polar surface area (TPSA) is 42.7 Å². The van der Waals surface area contributed by atoms with Gasteiger partial charge in [0, 0.05) is 19.3 Å². The van der Waals surface area contributed by atoms with E-state index in [0.29, 0.717) is 0 Å². The highest BCUT2D eigenvalue weighted by molar-refractivity contribution is 7.99. The first-order valence-electron chi connectivity index (χ1n) is 5.08. The quantitative estimate of drug-likeness (QED) is 0.434. The standard InChI is InChI=1S/C10H18N4S/c1-4-5-11-6-9(2)7-15-10-13-12-8-14(10)3/h8,11H,2,4-7H2,1,3H3. The molecule has 84 valence electrons. The highest BCUT2D eigenvalue weighted by Gasteiger charge is 2.02. The van der Waals surface area contributed by atoms with Crippen LogP contribution in [-0.4, -0.2) is 33.6 Å². The van der Waals surface area contributed by atoms with Gasteiger partial charge in [0.2, 0.25) is 0 Å². The van der Waals surface area contributed by atoms with Crippen LogP contribution in [0.25, 0.3) is 0 Å². The molecule has 0 spiro atoms. The Balaban J connectivity index is 2.20. The Morgan fingerprint density at radius 3 is 3.07 bits per heavy atom. The zero-order chi connectivity index (χ0) is 11.1. The lowest BCUT2D eigenvalue weighted by Gasteiger charge is -2.05. The lowest BCUT2D eigenvalue weighted by Crippen LogP contribution is -2.18. The zero-order valence-electron chi connectivity index (χ0n) is 9.36. The van der Waals surface area contributed by atoms with Gasteiger partial charge in [-0.15, -0.1) is 10.2 Å². The van der Waals surface area contributed by atoms with Gasteiger partial charge in [-0.3, -0.25) is 0 Å². The van der Waals surface area contributed by atoms with E-state index in [4.69, 9.17) is 0 Å². The second kappa shape index (κ2) is 6.63. The third-order valence-electron chi connectivity index (χ3n) is 1.88. The molecule has 0 aromatic carbocycles. The maximum atomic E-state index is 4.01. The Morgan fingerprint density at radius 2 is 2.47 bits per heavy atom. The summed E-state index contributed by atoms with van der Waals surface area (Å²) in [5, 5.41) is 12.1. The van der Waals surface area contributed by atoms with Crippen molar-refractivity contribution in [3.63, 3.8) is 0 Å². The minimum absolute atomic E-state index is 0.888. The van der Waals surface area contributed by atoms with E-state index in [1.807, 2.05) is 11.6 Å². The molecule has 0 fully saturated rings. The molecule has 0 saturated carbocycles. The lowest BCUT2D eigenvalue weighted by molar-refractivity contribution is 0.715. The van der Waals surface area contributed by atoms with Crippen LogP contribution in [0.5, 0.6) is 0 Å². The summed E-state index contributed by atoms with van der Waals surface area (Å²) in [6, 6.07) is 0. The van der Waals surface area contributed by atoms with Crippen LogP contribution in [0.3, 0.4) is 0 Å². The Kier molecular flexibility index (Phi) is 5.42. The number of aromatic nitrogens is 3. The van der Waals surface area contributed by atoms with Crippen LogP contribution in [0.4, 0.5) is 0 Å². The summed E-state index contributed by atoms with van der Waals surface area (Å²) in [6.07, 6.45) is 2.87. The minimum atomic E-state index is 0.888. The number of nitrogens with one attached hydrogen (secondary N) is 1. The fourth-order valence-electron chi connectivity index (χ4n) is 1.06. The monoisotopic (exact) mass is 226 g/mol. The summed E-state index contributed by atoms with van der Waals surface area (Å²) in [5.41, 5.74) is 1.19. The third kappa shape index (κ3) is 4.48. The molecule has 0 amide bonds. The van der Waals surface area contributed by atoms with Gasteiger partial charge < -0.3 is 9.88 Å². The molecule has 0 aliphatic rings. The first kappa shape index (κ1) is 12.3. The molecule has 1 rings (SSSR count). The summed E-state index contributed by atoms with van der Waals surface area (Å²) >= 11 is 1.67. The van der Waals surface area contributed by atoms with Crippen LogP contribution in [0.2, 0.25) is 0 Å². The van der Waals surface area contributed by atoms with Gasteiger partial charge in [-0.1, -0.05) is 30.8 Å². The van der Waals surface area contributed by atoms with Crippen LogP contribution in [-0.2, 0) is 7.05 Å². The maximum absolute atomic E-state index is 4.01. The largest absolute Gasteiger partial charge is 0.313 e. The molecule has 0 bridgehead atoms. The van der Waals surface area contributed by atoms with Gasteiger partial charge in [0.15, 0.2) is 5.16 Å². The number of thioether (sulfide) groups is 1. The molecular formula is C10H18N4S. The molecule has 15 heavy (non-hydrogen) atoms. The van der Waals surface area contributed by atoms with Crippen molar-refractivity contribution in [2.75, 3.05) is 18.8 Å². The van der Waals surface area contributed by atoms with Gasteiger partial charge >= 0.3 is 0 Å². The fourth-order valence-corrected chi connectivity index (χ4v) is 1.85. The second-order valence-electron chi connectivity index (χ2n) is 3.44. The van der Waals surface area contributed by atoms with E-state index in [0.717, 1.165) is 30.4 Å². The predicted molar refractivity (Wildman–Crippen MR) is 64.0 cm³/mol. The highest BCUT2D eigenvalue weighted by atomic mass is 32.2. The second-order valence-corrected chi connectivity index (χ2v) is 4.38. The van der Waals surface area contributed by atoms with Crippen LogP contribution in [0.15, 0.2) is 23.6 Å². The average molecular weight is 226 g/mol. The summed E-state index contributed by atoms with van der Waals surface area (Å²) in [7, 11) is 1.94. The molecular weight excluding hydrogens is 208 g/mol. The van der Waals surface area contributed by atoms with Crippen molar-refractivity contribution in [1.82, 2.24) is 20.1 Å². The van der Waals surface area contributed by atoms with Crippen molar-refractivity contribution in [1.29, 1.82) is 0 Å². The molecule has 0 saturated heterocycles. The Hall–Kier alpha value is -0.810. The molecule has 1 N–H and O–H groups in total. The maximum Gasteiger partial charge on any atom is 0.191 e. The van der Waals surface area contributed by atoms with Gasteiger partial charge in [0.1, 0.15) is 6.33 Å². The van der Waals surface area contributed by atoms with Crippen LogP contribution < -0.4 is 5.32 Å². The Morgan fingerprint density at radius 1 is 1.67 bits per heavy atom. The van der Waals surface area contributed by atoms with Crippen LogP contribution in [0.1, 0.15) is 13.3 Å². The average Bonchev–Trinajstić information content (AvgIpc) is 2.61. The molecule has 1 heterocycles. The van der Waals surface area contributed by atoms with Crippen molar-refractivity contribution in [3.8, 4) is 0 Å². The van der Waals surface area contributed by atoms with E-state index in [2.05, 4.69) is 29.0 Å². The fraction of sp³-hybridized carbons (Fsp3) is 0.600. The number of hydrogen-bond acceptors (Lipinski definition) is 4. The van der Waals surface area contributed by atoms with Gasteiger partial charge in [0.25, 0.3) is 0 Å². The third-order valence-corrected chi connectivity index (χ3v) is 3.06. The molecule has 1 aromatic heterocycles. The molecule has 4 nitrogen and oxygen atoms in total. The van der Waals surface area contributed by atoms with Gasteiger partial charge in [0.05, 0.1) is 0 Å². The van der Waals surface area contributed by atoms with E-state index in [-0.39, 0.29) is 0 Å². The van der Waals surface area contributed by atoms with E-state index < -0.39 is 0 Å². The van der Waals surface area contributed by atoms with Gasteiger partial charge in [-0.05, 0) is 13.0 Å². The summed E-state index contributed by atoms with van der Waals surface area (Å²) in [4.78, 5) is 0. The van der Waals surface area contributed by atoms with Crippen molar-refractivity contribution >= 4 is 11.8 Å². The number of hydrogen-bond donors (Lipinski definition) is 1. The first-order chi connectivity index (χ1) is 7.24. The van der Waals surface area contributed by atoms with Gasteiger partial charge in [-0.25, -0.2) is 0 Å². The van der Waals surface area contributed by atoms with Crippen LogP contribution in [0, 0.1) is 0 Å². The highest BCUT2D eigenvalue weighted by Crippen LogP contribution is 2.15. The zero-order valence-corrected chi connectivity index (χ0v) is 10.2. The SMILES string of the molecule is C=C(CNCCC)CSc1nncn1C. The first-order valence-corrected chi connectivity index (χ1v) is 6.06. The van der Waals surface area contributed by atoms with Crippen molar-refractivity contribution in [3.05, 3.63) is 18.5 Å². The molecule has 0 unspecified atom stereocenters. The molecule has 0 radical (unpaired) electrons. The summed E-state index contributed by atoms with van der Waals surface area (Å²) in [5.74, 6) is 0.892. The van der Waals surface area contributed by atoms with Crippen molar-refractivity contribution < 1.29 is 0 Å². The molecule has 0 aliphatic carbocycles. The molecule has 5 heteroatoms. The molecule has 0 atom stereocenters. The normalized spacial score (nSPS) is 10.5. The van der Waals surface area contributed by atoms with E-state index in [1.54, 1.807) is 18.1 Å². The van der Waals surface area contributed by atoms with E-state index in [9.17, 15) is 0 Å². The minimum Gasteiger partial charge on any atom is -0.313 e. The smallest absolute Gasteiger partial charge is 0.191 e. The van der Waals surface area contributed by atoms with Crippen molar-refractivity contribution in [2.24, 2.45) is 7.05 Å². The van der Waals surface area contributed by atoms with Gasteiger partial charge in [-0.2, -0.15) is 0 Å². The number of aryl methyl sites for hydroxylation is 1. The summed E-state index contributed by atoms with van der Waals surface area (Å²) in [6.45, 7) is 8.11. The van der Waals surface area contributed by atoms with Crippen LogP contribution >= 0.6 is 11.8 Å². The molecule has 0 aliphatic heterocycles. The van der Waals surface area contributed by atoms with E-state index in [1.165, 1.54) is 5.57 Å². The van der Waals surface area contributed by atoms with E-state index >= 15 is 0 Å². The summed E-state index contributed by atoms with van der Waals surface area (Å²) < 4.78 is 1.91. The number of nitrogens with zero attached hydrogens (tertiary/aromatic N) is 3. The Bertz CT molecular complexity index is 308. The molecule has 1 aromatic rings.